The third-order valence-corrected chi connectivity index (χ3v) is 6.53. The van der Waals surface area contributed by atoms with Crippen molar-refractivity contribution in [1.82, 2.24) is 5.32 Å². The second-order valence-corrected chi connectivity index (χ2v) is 9.59. The molecule has 4 rings (SSSR count). The normalized spacial score (nSPS) is 13.0. The Hall–Kier alpha value is -3.65. The first-order chi connectivity index (χ1) is 16.8. The molecule has 0 aromatic heterocycles. The number of benzene rings is 3. The van der Waals surface area contributed by atoms with Crippen molar-refractivity contribution in [3.05, 3.63) is 87.9 Å². The van der Waals surface area contributed by atoms with Crippen molar-refractivity contribution in [2.24, 2.45) is 5.92 Å². The van der Waals surface area contributed by atoms with Gasteiger partial charge in [-0.3, -0.25) is 4.79 Å². The van der Waals surface area contributed by atoms with E-state index in [9.17, 15) is 19.5 Å². The Morgan fingerprint density at radius 3 is 2.14 bits per heavy atom. The molecule has 35 heavy (non-hydrogen) atoms. The molecular formula is C27H25BrN2O5. The van der Waals surface area contributed by atoms with Crippen LogP contribution in [-0.4, -0.2) is 35.7 Å². The van der Waals surface area contributed by atoms with E-state index in [-0.39, 0.29) is 29.7 Å². The van der Waals surface area contributed by atoms with E-state index < -0.39 is 24.0 Å². The number of fused-ring (bicyclic) bond motifs is 3. The molecule has 3 aromatic rings. The zero-order valence-corrected chi connectivity index (χ0v) is 20.8. The largest absolute Gasteiger partial charge is 0.478 e. The lowest BCUT2D eigenvalue weighted by Gasteiger charge is -2.22. The lowest BCUT2D eigenvalue weighted by atomic mass is 9.98. The number of hydrogen-bond donors (Lipinski definition) is 3. The molecule has 0 unspecified atom stereocenters. The lowest BCUT2D eigenvalue weighted by Crippen LogP contribution is -2.47. The Labute approximate surface area is 211 Å². The molecule has 0 heterocycles. The average Bonchev–Trinajstić information content (AvgIpc) is 3.15. The topological polar surface area (TPSA) is 105 Å². The van der Waals surface area contributed by atoms with Crippen LogP contribution in [-0.2, 0) is 9.53 Å². The number of amides is 2. The summed E-state index contributed by atoms with van der Waals surface area (Å²) in [6.45, 7) is 3.70. The minimum Gasteiger partial charge on any atom is -0.478 e. The van der Waals surface area contributed by atoms with Gasteiger partial charge in [0.2, 0.25) is 5.91 Å². The molecule has 8 heteroatoms. The van der Waals surface area contributed by atoms with E-state index in [0.717, 1.165) is 22.3 Å². The summed E-state index contributed by atoms with van der Waals surface area (Å²) < 4.78 is 6.14. The van der Waals surface area contributed by atoms with E-state index in [2.05, 4.69) is 38.7 Å². The zero-order valence-electron chi connectivity index (χ0n) is 19.2. The number of carbonyl (C=O) groups excluding carboxylic acids is 2. The standard InChI is InChI=1S/C27H25BrN2O5/c1-15(2)24(25(31)29-23-12-11-16(28)13-21(23)26(32)33)30-27(34)35-14-22-19-9-5-3-7-17(19)18-8-4-6-10-20(18)22/h3-13,15,22,24H,14H2,1-2H3,(H,29,31)(H,30,34)(H,32,33)/t24-/m1/s1. The van der Waals surface area contributed by atoms with E-state index in [1.54, 1.807) is 19.9 Å². The van der Waals surface area contributed by atoms with Crippen molar-refractivity contribution in [2.75, 3.05) is 11.9 Å². The molecule has 7 nitrogen and oxygen atoms in total. The number of ether oxygens (including phenoxy) is 1. The van der Waals surface area contributed by atoms with Crippen LogP contribution in [0, 0.1) is 5.92 Å². The highest BCUT2D eigenvalue weighted by atomic mass is 79.9. The fourth-order valence-electron chi connectivity index (χ4n) is 4.31. The fraction of sp³-hybridized carbons (Fsp3) is 0.222. The van der Waals surface area contributed by atoms with Crippen LogP contribution in [0.25, 0.3) is 11.1 Å². The number of carboxylic acid groups (broad SMARTS) is 1. The van der Waals surface area contributed by atoms with Crippen LogP contribution in [0.15, 0.2) is 71.2 Å². The summed E-state index contributed by atoms with van der Waals surface area (Å²) in [6, 6.07) is 19.7. The maximum atomic E-state index is 13.0. The third-order valence-electron chi connectivity index (χ3n) is 6.04. The molecule has 1 atom stereocenters. The predicted molar refractivity (Wildman–Crippen MR) is 137 cm³/mol. The fourth-order valence-corrected chi connectivity index (χ4v) is 4.68. The Morgan fingerprint density at radius 2 is 1.57 bits per heavy atom. The number of hydrogen-bond acceptors (Lipinski definition) is 4. The van der Waals surface area contributed by atoms with Gasteiger partial charge in [-0.2, -0.15) is 0 Å². The molecule has 0 spiro atoms. The third kappa shape index (κ3) is 5.22. The van der Waals surface area contributed by atoms with Crippen LogP contribution in [0.3, 0.4) is 0 Å². The highest BCUT2D eigenvalue weighted by Gasteiger charge is 2.30. The quantitative estimate of drug-likeness (QED) is 0.362. The number of carbonyl (C=O) groups is 3. The molecule has 0 saturated carbocycles. The summed E-state index contributed by atoms with van der Waals surface area (Å²) in [5.74, 6) is -2.06. The average molecular weight is 537 g/mol. The highest BCUT2D eigenvalue weighted by molar-refractivity contribution is 9.10. The smallest absolute Gasteiger partial charge is 0.407 e. The Bertz CT molecular complexity index is 1240. The van der Waals surface area contributed by atoms with Gasteiger partial charge in [0.25, 0.3) is 0 Å². The van der Waals surface area contributed by atoms with Crippen LogP contribution in [0.2, 0.25) is 0 Å². The summed E-state index contributed by atoms with van der Waals surface area (Å²) in [5, 5.41) is 14.7. The van der Waals surface area contributed by atoms with Crippen LogP contribution >= 0.6 is 15.9 Å². The van der Waals surface area contributed by atoms with Gasteiger partial charge in [-0.05, 0) is 46.4 Å². The number of halogens is 1. The molecule has 3 aromatic carbocycles. The Kier molecular flexibility index (Phi) is 7.21. The van der Waals surface area contributed by atoms with Crippen LogP contribution in [0.4, 0.5) is 10.5 Å². The molecular weight excluding hydrogens is 512 g/mol. The van der Waals surface area contributed by atoms with Crippen molar-refractivity contribution in [1.29, 1.82) is 0 Å². The molecule has 0 radical (unpaired) electrons. The van der Waals surface area contributed by atoms with Gasteiger partial charge < -0.3 is 20.5 Å². The van der Waals surface area contributed by atoms with Gasteiger partial charge in [0.05, 0.1) is 11.3 Å². The van der Waals surface area contributed by atoms with Gasteiger partial charge in [-0.1, -0.05) is 78.3 Å². The van der Waals surface area contributed by atoms with Crippen molar-refractivity contribution in [2.45, 2.75) is 25.8 Å². The molecule has 0 aliphatic heterocycles. The van der Waals surface area contributed by atoms with Gasteiger partial charge in [-0.25, -0.2) is 9.59 Å². The Morgan fingerprint density at radius 1 is 0.971 bits per heavy atom. The molecule has 3 N–H and O–H groups in total. The van der Waals surface area contributed by atoms with Crippen molar-refractivity contribution >= 4 is 39.6 Å². The zero-order chi connectivity index (χ0) is 25.1. The Balaban J connectivity index is 1.44. The number of aromatic carboxylic acids is 1. The molecule has 0 bridgehead atoms. The van der Waals surface area contributed by atoms with E-state index in [4.69, 9.17) is 4.74 Å². The van der Waals surface area contributed by atoms with E-state index in [1.165, 1.54) is 12.1 Å². The van der Waals surface area contributed by atoms with Crippen LogP contribution in [0.5, 0.6) is 0 Å². The van der Waals surface area contributed by atoms with Gasteiger partial charge in [0, 0.05) is 10.4 Å². The first-order valence-electron chi connectivity index (χ1n) is 11.2. The summed E-state index contributed by atoms with van der Waals surface area (Å²) >= 11 is 3.23. The van der Waals surface area contributed by atoms with Crippen molar-refractivity contribution in [3.8, 4) is 11.1 Å². The van der Waals surface area contributed by atoms with Crippen LogP contribution < -0.4 is 10.6 Å². The SMILES string of the molecule is CC(C)[C@@H](NC(=O)OCC1c2ccccc2-c2ccccc21)C(=O)Nc1ccc(Br)cc1C(=O)O. The first kappa shape index (κ1) is 24.5. The highest BCUT2D eigenvalue weighted by Crippen LogP contribution is 2.44. The number of rotatable bonds is 7. The maximum absolute atomic E-state index is 13.0. The van der Waals surface area contributed by atoms with Gasteiger partial charge in [0.1, 0.15) is 12.6 Å². The molecule has 2 amide bonds. The molecule has 0 saturated heterocycles. The first-order valence-corrected chi connectivity index (χ1v) is 12.0. The lowest BCUT2D eigenvalue weighted by molar-refractivity contribution is -0.119. The minimum absolute atomic E-state index is 0.0589. The minimum atomic E-state index is -1.17. The van der Waals surface area contributed by atoms with Crippen molar-refractivity contribution < 1.29 is 24.2 Å². The summed E-state index contributed by atoms with van der Waals surface area (Å²) in [7, 11) is 0. The second kappa shape index (κ2) is 10.3. The molecule has 1 aliphatic carbocycles. The van der Waals surface area contributed by atoms with Crippen LogP contribution in [0.1, 0.15) is 41.3 Å². The summed E-state index contributed by atoms with van der Waals surface area (Å²) in [6.07, 6.45) is -0.713. The van der Waals surface area contributed by atoms with Gasteiger partial charge in [0.15, 0.2) is 0 Å². The molecule has 1 aliphatic rings. The summed E-state index contributed by atoms with van der Waals surface area (Å²) in [4.78, 5) is 37.2. The maximum Gasteiger partial charge on any atom is 0.407 e. The van der Waals surface area contributed by atoms with Gasteiger partial charge >= 0.3 is 12.1 Å². The van der Waals surface area contributed by atoms with Crippen molar-refractivity contribution in [3.63, 3.8) is 0 Å². The van der Waals surface area contributed by atoms with E-state index in [1.807, 2.05) is 36.4 Å². The number of alkyl carbamates (subject to hydrolysis) is 1. The molecule has 180 valence electrons. The number of carboxylic acids is 1. The number of nitrogens with one attached hydrogen (secondary N) is 2. The molecule has 0 fully saturated rings. The number of anilines is 1. The second-order valence-electron chi connectivity index (χ2n) is 8.68. The predicted octanol–water partition coefficient (Wildman–Crippen LogP) is 5.65. The van der Waals surface area contributed by atoms with E-state index >= 15 is 0 Å². The van der Waals surface area contributed by atoms with E-state index in [0.29, 0.717) is 4.47 Å². The summed E-state index contributed by atoms with van der Waals surface area (Å²) in [5.41, 5.74) is 4.52. The monoisotopic (exact) mass is 536 g/mol. The van der Waals surface area contributed by atoms with Gasteiger partial charge in [-0.15, -0.1) is 0 Å².